The summed E-state index contributed by atoms with van der Waals surface area (Å²) < 4.78 is 27.5. The van der Waals surface area contributed by atoms with Crippen LogP contribution in [0.3, 0.4) is 0 Å². The van der Waals surface area contributed by atoms with E-state index in [-0.39, 0.29) is 22.9 Å². The number of urea groups is 1. The Balaban J connectivity index is 1.54. The Labute approximate surface area is 192 Å². The number of sulfonamides is 1. The SMILES string of the molecule is CCCCN(C)C(=O)NCCc1ccc(S(=O)(=O)N2CCN(C3CCCCC3)C2=N)cc1. The maximum absolute atomic E-state index is 13.1. The van der Waals surface area contributed by atoms with E-state index in [1.165, 1.54) is 10.7 Å². The Morgan fingerprint density at radius 1 is 1.16 bits per heavy atom. The van der Waals surface area contributed by atoms with E-state index in [0.717, 1.165) is 50.6 Å². The van der Waals surface area contributed by atoms with Gasteiger partial charge in [-0.3, -0.25) is 5.41 Å². The van der Waals surface area contributed by atoms with Gasteiger partial charge in [-0.15, -0.1) is 0 Å². The first-order valence-electron chi connectivity index (χ1n) is 11.8. The zero-order chi connectivity index (χ0) is 23.1. The smallest absolute Gasteiger partial charge is 0.317 e. The summed E-state index contributed by atoms with van der Waals surface area (Å²) in [7, 11) is -1.95. The predicted molar refractivity (Wildman–Crippen MR) is 126 cm³/mol. The molecular weight excluding hydrogens is 426 g/mol. The second-order valence-electron chi connectivity index (χ2n) is 8.79. The molecule has 1 saturated carbocycles. The van der Waals surface area contributed by atoms with Crippen LogP contribution in [-0.4, -0.2) is 73.8 Å². The summed E-state index contributed by atoms with van der Waals surface area (Å²) in [4.78, 5) is 15.9. The summed E-state index contributed by atoms with van der Waals surface area (Å²) in [6, 6.07) is 6.99. The van der Waals surface area contributed by atoms with E-state index in [9.17, 15) is 13.2 Å². The highest BCUT2D eigenvalue weighted by Gasteiger charge is 2.38. The molecule has 32 heavy (non-hydrogen) atoms. The molecule has 1 saturated heterocycles. The first-order valence-corrected chi connectivity index (χ1v) is 13.2. The van der Waals surface area contributed by atoms with Crippen molar-refractivity contribution in [3.8, 4) is 0 Å². The Kier molecular flexibility index (Phi) is 8.39. The number of rotatable bonds is 9. The van der Waals surface area contributed by atoms with E-state index in [0.29, 0.717) is 26.1 Å². The molecule has 0 aromatic heterocycles. The highest BCUT2D eigenvalue weighted by atomic mass is 32.2. The van der Waals surface area contributed by atoms with E-state index in [4.69, 9.17) is 5.41 Å². The van der Waals surface area contributed by atoms with Gasteiger partial charge in [-0.25, -0.2) is 17.5 Å². The molecule has 178 valence electrons. The fraction of sp³-hybridized carbons (Fsp3) is 0.652. The first-order chi connectivity index (χ1) is 15.3. The number of carbonyl (C=O) groups is 1. The number of hydrogen-bond donors (Lipinski definition) is 2. The molecule has 0 bridgehead atoms. The summed E-state index contributed by atoms with van der Waals surface area (Å²) in [6.07, 6.45) is 8.26. The van der Waals surface area contributed by atoms with Gasteiger partial charge in [0.15, 0.2) is 0 Å². The lowest BCUT2D eigenvalue weighted by Crippen LogP contribution is -2.42. The molecule has 1 heterocycles. The number of amides is 2. The highest BCUT2D eigenvalue weighted by Crippen LogP contribution is 2.28. The summed E-state index contributed by atoms with van der Waals surface area (Å²) in [5.41, 5.74) is 0.959. The van der Waals surface area contributed by atoms with Crippen molar-refractivity contribution in [2.45, 2.75) is 69.2 Å². The third kappa shape index (κ3) is 5.74. The molecule has 1 aliphatic carbocycles. The van der Waals surface area contributed by atoms with E-state index in [2.05, 4.69) is 12.2 Å². The average molecular weight is 464 g/mol. The Morgan fingerprint density at radius 2 is 1.84 bits per heavy atom. The minimum Gasteiger partial charge on any atom is -0.338 e. The average Bonchev–Trinajstić information content (AvgIpc) is 3.20. The van der Waals surface area contributed by atoms with Crippen molar-refractivity contribution in [2.24, 2.45) is 0 Å². The lowest BCUT2D eigenvalue weighted by molar-refractivity contribution is 0.208. The number of nitrogens with zero attached hydrogens (tertiary/aromatic N) is 3. The molecule has 2 N–H and O–H groups in total. The van der Waals surface area contributed by atoms with E-state index in [1.54, 1.807) is 36.2 Å². The molecule has 8 nitrogen and oxygen atoms in total. The van der Waals surface area contributed by atoms with E-state index < -0.39 is 10.0 Å². The van der Waals surface area contributed by atoms with Crippen molar-refractivity contribution in [1.82, 2.24) is 19.4 Å². The molecular formula is C23H37N5O3S. The van der Waals surface area contributed by atoms with Crippen LogP contribution in [0.2, 0.25) is 0 Å². The van der Waals surface area contributed by atoms with Crippen LogP contribution in [0.25, 0.3) is 0 Å². The Bertz CT molecular complexity index is 881. The molecule has 0 spiro atoms. The maximum Gasteiger partial charge on any atom is 0.317 e. The van der Waals surface area contributed by atoms with Crippen LogP contribution in [0.15, 0.2) is 29.2 Å². The van der Waals surface area contributed by atoms with Gasteiger partial charge in [-0.1, -0.05) is 44.7 Å². The van der Waals surface area contributed by atoms with Gasteiger partial charge in [0.1, 0.15) is 0 Å². The van der Waals surface area contributed by atoms with Crippen LogP contribution in [0.1, 0.15) is 57.4 Å². The lowest BCUT2D eigenvalue weighted by atomic mass is 9.94. The second-order valence-corrected chi connectivity index (χ2v) is 10.6. The zero-order valence-corrected chi connectivity index (χ0v) is 20.2. The van der Waals surface area contributed by atoms with Gasteiger partial charge in [0.25, 0.3) is 10.0 Å². The van der Waals surface area contributed by atoms with Crippen molar-refractivity contribution in [3.05, 3.63) is 29.8 Å². The molecule has 2 aliphatic rings. The van der Waals surface area contributed by atoms with Crippen LogP contribution in [-0.2, 0) is 16.4 Å². The van der Waals surface area contributed by atoms with Crippen LogP contribution < -0.4 is 5.32 Å². The minimum atomic E-state index is -3.74. The third-order valence-corrected chi connectivity index (χ3v) is 8.27. The molecule has 1 aromatic rings. The van der Waals surface area contributed by atoms with Gasteiger partial charge in [0.05, 0.1) is 11.4 Å². The molecule has 9 heteroatoms. The fourth-order valence-corrected chi connectivity index (χ4v) is 5.83. The predicted octanol–water partition coefficient (Wildman–Crippen LogP) is 3.24. The van der Waals surface area contributed by atoms with Gasteiger partial charge in [-0.05, 0) is 43.4 Å². The fourth-order valence-electron chi connectivity index (χ4n) is 4.44. The van der Waals surface area contributed by atoms with Crippen molar-refractivity contribution in [3.63, 3.8) is 0 Å². The molecule has 3 rings (SSSR count). The maximum atomic E-state index is 13.1. The molecule has 2 amide bonds. The summed E-state index contributed by atoms with van der Waals surface area (Å²) in [5.74, 6) is 0.107. The number of hydrogen-bond acceptors (Lipinski definition) is 4. The minimum absolute atomic E-state index is 0.0901. The van der Waals surface area contributed by atoms with Crippen LogP contribution >= 0.6 is 0 Å². The third-order valence-electron chi connectivity index (χ3n) is 6.46. The van der Waals surface area contributed by atoms with Crippen molar-refractivity contribution in [2.75, 3.05) is 33.2 Å². The highest BCUT2D eigenvalue weighted by molar-refractivity contribution is 7.89. The summed E-state index contributed by atoms with van der Waals surface area (Å²) >= 11 is 0. The van der Waals surface area contributed by atoms with Gasteiger partial charge >= 0.3 is 6.03 Å². The van der Waals surface area contributed by atoms with Crippen LogP contribution in [0, 0.1) is 5.41 Å². The normalized spacial score (nSPS) is 17.6. The number of guanidine groups is 1. The number of nitrogens with one attached hydrogen (secondary N) is 2. The Morgan fingerprint density at radius 3 is 2.50 bits per heavy atom. The van der Waals surface area contributed by atoms with E-state index >= 15 is 0 Å². The largest absolute Gasteiger partial charge is 0.338 e. The number of carbonyl (C=O) groups excluding carboxylic acids is 1. The lowest BCUT2D eigenvalue weighted by Gasteiger charge is -2.32. The molecule has 0 atom stereocenters. The number of benzene rings is 1. The van der Waals surface area contributed by atoms with E-state index in [1.807, 2.05) is 4.90 Å². The van der Waals surface area contributed by atoms with Gasteiger partial charge in [0.2, 0.25) is 5.96 Å². The molecule has 0 unspecified atom stereocenters. The Hall–Kier alpha value is -2.29. The number of unbranched alkanes of at least 4 members (excludes halogenated alkanes) is 1. The van der Waals surface area contributed by atoms with Crippen LogP contribution in [0.4, 0.5) is 4.79 Å². The van der Waals surface area contributed by atoms with Gasteiger partial charge in [-0.2, -0.15) is 0 Å². The molecule has 0 radical (unpaired) electrons. The summed E-state index contributed by atoms with van der Waals surface area (Å²) in [5, 5.41) is 11.4. The standard InChI is InChI=1S/C23H37N5O3S/c1-3-4-16-26(2)23(29)25-15-14-19-10-12-21(13-11-19)32(30,31)28-18-17-27(22(28)24)20-8-6-5-7-9-20/h10-13,20,24H,3-9,14-18H2,1-2H3,(H,25,29). The molecule has 1 aromatic carbocycles. The van der Waals surface area contributed by atoms with Crippen LogP contribution in [0.5, 0.6) is 0 Å². The second kappa shape index (κ2) is 11.0. The van der Waals surface area contributed by atoms with Gasteiger partial charge in [0, 0.05) is 32.7 Å². The molecule has 1 aliphatic heterocycles. The first kappa shape index (κ1) is 24.4. The van der Waals surface area contributed by atoms with Crippen molar-refractivity contribution < 1.29 is 13.2 Å². The van der Waals surface area contributed by atoms with Gasteiger partial charge < -0.3 is 15.1 Å². The quantitative estimate of drug-likeness (QED) is 0.587. The zero-order valence-electron chi connectivity index (χ0n) is 19.3. The van der Waals surface area contributed by atoms with Crippen molar-refractivity contribution >= 4 is 22.0 Å². The summed E-state index contributed by atoms with van der Waals surface area (Å²) in [6.45, 7) is 4.24. The van der Waals surface area contributed by atoms with Crippen molar-refractivity contribution in [1.29, 1.82) is 5.41 Å². The molecule has 2 fully saturated rings. The topological polar surface area (TPSA) is 96.8 Å². The monoisotopic (exact) mass is 463 g/mol.